The molecule has 2 atom stereocenters. The third kappa shape index (κ3) is 1.93. The highest BCUT2D eigenvalue weighted by molar-refractivity contribution is 7.09. The van der Waals surface area contributed by atoms with Crippen molar-refractivity contribution < 1.29 is 0 Å². The predicted molar refractivity (Wildman–Crippen MR) is 73.1 cm³/mol. The van der Waals surface area contributed by atoms with Crippen LogP contribution in [0.25, 0.3) is 0 Å². The molecule has 1 aromatic heterocycles. The van der Waals surface area contributed by atoms with Crippen molar-refractivity contribution in [1.82, 2.24) is 14.3 Å². The summed E-state index contributed by atoms with van der Waals surface area (Å²) in [5.74, 6) is 1.71. The molecule has 3 heterocycles. The van der Waals surface area contributed by atoms with Crippen molar-refractivity contribution in [2.24, 2.45) is 0 Å². The van der Waals surface area contributed by atoms with Crippen molar-refractivity contribution in [3.05, 3.63) is 5.82 Å². The summed E-state index contributed by atoms with van der Waals surface area (Å²) < 4.78 is 4.59. The SMILES string of the molecule is CN1C2CCC1CC(c1nsc(NC3CC3)n1)C2. The van der Waals surface area contributed by atoms with E-state index < -0.39 is 0 Å². The lowest BCUT2D eigenvalue weighted by Crippen LogP contribution is -2.39. The summed E-state index contributed by atoms with van der Waals surface area (Å²) in [6, 6.07) is 2.23. The minimum Gasteiger partial charge on any atom is -0.358 e. The van der Waals surface area contributed by atoms with E-state index in [-0.39, 0.29) is 0 Å². The van der Waals surface area contributed by atoms with E-state index in [1.165, 1.54) is 38.5 Å². The highest BCUT2D eigenvalue weighted by Crippen LogP contribution is 2.41. The van der Waals surface area contributed by atoms with Crippen LogP contribution in [-0.2, 0) is 0 Å². The van der Waals surface area contributed by atoms with Crippen molar-refractivity contribution in [3.63, 3.8) is 0 Å². The highest BCUT2D eigenvalue weighted by Gasteiger charge is 2.40. The van der Waals surface area contributed by atoms with Gasteiger partial charge in [0.1, 0.15) is 5.82 Å². The van der Waals surface area contributed by atoms with Crippen LogP contribution in [0.2, 0.25) is 0 Å². The number of hydrogen-bond donors (Lipinski definition) is 1. The molecular weight excluding hydrogens is 244 g/mol. The van der Waals surface area contributed by atoms with Gasteiger partial charge in [-0.15, -0.1) is 0 Å². The van der Waals surface area contributed by atoms with Gasteiger partial charge in [-0.2, -0.15) is 4.37 Å². The van der Waals surface area contributed by atoms with Crippen molar-refractivity contribution >= 4 is 16.7 Å². The molecule has 3 aliphatic rings. The second-order valence-corrected chi connectivity index (χ2v) is 6.85. The Labute approximate surface area is 112 Å². The zero-order valence-corrected chi connectivity index (χ0v) is 11.6. The first kappa shape index (κ1) is 11.2. The van der Waals surface area contributed by atoms with Crippen molar-refractivity contribution in [2.75, 3.05) is 12.4 Å². The topological polar surface area (TPSA) is 41.1 Å². The molecule has 18 heavy (non-hydrogen) atoms. The van der Waals surface area contributed by atoms with Gasteiger partial charge in [0.05, 0.1) is 0 Å². The average molecular weight is 264 g/mol. The smallest absolute Gasteiger partial charge is 0.202 e. The standard InChI is InChI=1S/C13H20N4S/c1-17-10-4-5-11(17)7-8(6-10)12-15-13(18-16-12)14-9-2-3-9/h8-11H,2-7H2,1H3,(H,14,15,16). The van der Waals surface area contributed by atoms with Gasteiger partial charge in [-0.25, -0.2) is 4.98 Å². The molecule has 1 saturated carbocycles. The van der Waals surface area contributed by atoms with E-state index in [9.17, 15) is 0 Å². The maximum atomic E-state index is 4.71. The molecule has 0 spiro atoms. The molecule has 3 fully saturated rings. The molecule has 1 aromatic rings. The van der Waals surface area contributed by atoms with E-state index in [4.69, 9.17) is 4.98 Å². The number of nitrogens with one attached hydrogen (secondary N) is 1. The lowest BCUT2D eigenvalue weighted by Gasteiger charge is -2.35. The second-order valence-electron chi connectivity index (χ2n) is 6.10. The number of nitrogens with zero attached hydrogens (tertiary/aromatic N) is 3. The van der Waals surface area contributed by atoms with Gasteiger partial charge in [-0.1, -0.05) is 0 Å². The molecule has 4 nitrogen and oxygen atoms in total. The van der Waals surface area contributed by atoms with E-state index in [1.807, 2.05) is 0 Å². The fourth-order valence-electron chi connectivity index (χ4n) is 3.48. The Morgan fingerprint density at radius 2 is 1.89 bits per heavy atom. The van der Waals surface area contributed by atoms with E-state index in [0.29, 0.717) is 12.0 Å². The number of anilines is 1. The van der Waals surface area contributed by atoms with E-state index in [0.717, 1.165) is 23.0 Å². The molecule has 2 aliphatic heterocycles. The summed E-state index contributed by atoms with van der Waals surface area (Å²) in [5.41, 5.74) is 0. The third-order valence-electron chi connectivity index (χ3n) is 4.81. The van der Waals surface area contributed by atoms with Crippen LogP contribution >= 0.6 is 11.5 Å². The van der Waals surface area contributed by atoms with Crippen LogP contribution in [0.4, 0.5) is 5.13 Å². The fourth-order valence-corrected chi connectivity index (χ4v) is 4.21. The van der Waals surface area contributed by atoms with Gasteiger partial charge in [0.2, 0.25) is 5.13 Å². The summed E-state index contributed by atoms with van der Waals surface area (Å²) in [6.07, 6.45) is 7.85. The van der Waals surface area contributed by atoms with Crippen LogP contribution in [-0.4, -0.2) is 39.4 Å². The van der Waals surface area contributed by atoms with Crippen LogP contribution in [0, 0.1) is 0 Å². The number of fused-ring (bicyclic) bond motifs is 2. The van der Waals surface area contributed by atoms with Gasteiger partial charge < -0.3 is 10.2 Å². The maximum Gasteiger partial charge on any atom is 0.202 e. The number of rotatable bonds is 3. The number of aromatic nitrogens is 2. The monoisotopic (exact) mass is 264 g/mol. The summed E-state index contributed by atoms with van der Waals surface area (Å²) in [4.78, 5) is 7.29. The molecular formula is C13H20N4S. The lowest BCUT2D eigenvalue weighted by atomic mass is 9.90. The molecule has 2 saturated heterocycles. The third-order valence-corrected chi connectivity index (χ3v) is 5.47. The molecule has 1 N–H and O–H groups in total. The van der Waals surface area contributed by atoms with Crippen LogP contribution in [0.1, 0.15) is 50.3 Å². The molecule has 0 aromatic carbocycles. The van der Waals surface area contributed by atoms with Gasteiger partial charge in [0, 0.05) is 35.6 Å². The van der Waals surface area contributed by atoms with Crippen LogP contribution in [0.3, 0.4) is 0 Å². The normalized spacial score (nSPS) is 35.9. The van der Waals surface area contributed by atoms with Gasteiger partial charge in [0.25, 0.3) is 0 Å². The second kappa shape index (κ2) is 4.17. The Hall–Kier alpha value is -0.680. The minimum atomic E-state index is 0.602. The predicted octanol–water partition coefficient (Wildman–Crippen LogP) is 2.45. The first-order valence-electron chi connectivity index (χ1n) is 7.11. The fraction of sp³-hybridized carbons (Fsp3) is 0.846. The van der Waals surface area contributed by atoms with Gasteiger partial charge >= 0.3 is 0 Å². The molecule has 5 heteroatoms. The quantitative estimate of drug-likeness (QED) is 0.910. The Morgan fingerprint density at radius 3 is 2.56 bits per heavy atom. The average Bonchev–Trinajstić information content (AvgIpc) is 3.02. The first-order valence-corrected chi connectivity index (χ1v) is 7.89. The van der Waals surface area contributed by atoms with Crippen molar-refractivity contribution in [1.29, 1.82) is 0 Å². The Morgan fingerprint density at radius 1 is 1.17 bits per heavy atom. The van der Waals surface area contributed by atoms with Gasteiger partial charge in [-0.05, 0) is 45.6 Å². The van der Waals surface area contributed by atoms with Crippen molar-refractivity contribution in [2.45, 2.75) is 62.6 Å². The molecule has 1 aliphatic carbocycles. The first-order chi connectivity index (χ1) is 8.79. The minimum absolute atomic E-state index is 0.602. The molecule has 4 rings (SSSR count). The Bertz CT molecular complexity index is 428. The zero-order chi connectivity index (χ0) is 12.1. The van der Waals surface area contributed by atoms with Crippen LogP contribution < -0.4 is 5.32 Å². The number of hydrogen-bond acceptors (Lipinski definition) is 5. The summed E-state index contributed by atoms with van der Waals surface area (Å²) in [7, 11) is 2.28. The summed E-state index contributed by atoms with van der Waals surface area (Å²) >= 11 is 1.55. The summed E-state index contributed by atoms with van der Waals surface area (Å²) in [5, 5.41) is 4.50. The largest absolute Gasteiger partial charge is 0.358 e. The van der Waals surface area contributed by atoms with Crippen LogP contribution in [0.5, 0.6) is 0 Å². The molecule has 98 valence electrons. The zero-order valence-electron chi connectivity index (χ0n) is 10.8. The van der Waals surface area contributed by atoms with Gasteiger partial charge in [-0.3, -0.25) is 0 Å². The Balaban J connectivity index is 1.48. The maximum absolute atomic E-state index is 4.71. The molecule has 0 radical (unpaired) electrons. The van der Waals surface area contributed by atoms with E-state index >= 15 is 0 Å². The molecule has 0 amide bonds. The Kier molecular flexibility index (Phi) is 2.59. The van der Waals surface area contributed by atoms with E-state index in [2.05, 4.69) is 21.6 Å². The lowest BCUT2D eigenvalue weighted by molar-refractivity contribution is 0.159. The molecule has 2 bridgehead atoms. The van der Waals surface area contributed by atoms with Crippen LogP contribution in [0.15, 0.2) is 0 Å². The van der Waals surface area contributed by atoms with Crippen molar-refractivity contribution in [3.8, 4) is 0 Å². The van der Waals surface area contributed by atoms with Gasteiger partial charge in [0.15, 0.2) is 0 Å². The highest BCUT2D eigenvalue weighted by atomic mass is 32.1. The molecule has 2 unspecified atom stereocenters. The summed E-state index contributed by atoms with van der Waals surface area (Å²) in [6.45, 7) is 0. The number of piperidine rings is 1. The van der Waals surface area contributed by atoms with E-state index in [1.54, 1.807) is 11.5 Å².